The van der Waals surface area contributed by atoms with Gasteiger partial charge in [-0.05, 0) is 147 Å². The maximum absolute atomic E-state index is 2.63. The highest BCUT2D eigenvalue weighted by molar-refractivity contribution is 7.61. The second-order valence-corrected chi connectivity index (χ2v) is 16.7. The largest absolute Gasteiger partial charge is 0.0936 e. The molecule has 0 aromatic carbocycles. The molecule has 9 rings (SSSR count). The number of hydrogen-bond acceptors (Lipinski definition) is 0. The van der Waals surface area contributed by atoms with Gasteiger partial charge in [-0.15, -0.1) is 0 Å². The molecular formula is C27H43P. The van der Waals surface area contributed by atoms with Crippen LogP contribution in [-0.4, -0.2) is 16.5 Å². The third-order valence-corrected chi connectivity index (χ3v) is 15.8. The molecule has 0 heterocycles. The Morgan fingerprint density at radius 2 is 1.00 bits per heavy atom. The minimum absolute atomic E-state index is 0.253. The first-order valence-corrected chi connectivity index (χ1v) is 14.9. The van der Waals surface area contributed by atoms with Crippen molar-refractivity contribution in [3.05, 3.63) is 0 Å². The molecule has 0 aliphatic heterocycles. The molecule has 0 N–H and O–H groups in total. The summed E-state index contributed by atoms with van der Waals surface area (Å²) in [5.41, 5.74) is 0. The van der Waals surface area contributed by atoms with Gasteiger partial charge < -0.3 is 0 Å². The van der Waals surface area contributed by atoms with Crippen molar-refractivity contribution in [2.24, 2.45) is 47.3 Å². The standard InChI is InChI=1S/C27H43P/c1-18-3-2-4-25(18)17-28(26-11-19-5-20(12-26)7-21(6-19)13-26)27-14-22-8-23(15-27)10-24(9-22)16-27/h18-25H,2-17H2,1H3. The highest BCUT2D eigenvalue weighted by Crippen LogP contribution is 2.79. The van der Waals surface area contributed by atoms with Crippen molar-refractivity contribution in [2.45, 2.75) is 114 Å². The van der Waals surface area contributed by atoms with Crippen LogP contribution in [0.5, 0.6) is 0 Å². The predicted molar refractivity (Wildman–Crippen MR) is 120 cm³/mol. The molecule has 9 saturated carbocycles. The molecule has 0 radical (unpaired) electrons. The van der Waals surface area contributed by atoms with Gasteiger partial charge in [-0.1, -0.05) is 27.7 Å². The molecule has 0 spiro atoms. The van der Waals surface area contributed by atoms with Crippen molar-refractivity contribution < 1.29 is 0 Å². The van der Waals surface area contributed by atoms with Crippen LogP contribution < -0.4 is 0 Å². The van der Waals surface area contributed by atoms with Crippen molar-refractivity contribution in [2.75, 3.05) is 6.16 Å². The van der Waals surface area contributed by atoms with Gasteiger partial charge >= 0.3 is 0 Å². The fraction of sp³-hybridized carbons (Fsp3) is 1.00. The van der Waals surface area contributed by atoms with E-state index in [1.54, 1.807) is 102 Å². The fourth-order valence-electron chi connectivity index (χ4n) is 11.4. The van der Waals surface area contributed by atoms with Gasteiger partial charge in [0.05, 0.1) is 0 Å². The first kappa shape index (κ1) is 18.0. The fourth-order valence-corrected chi connectivity index (χ4v) is 17.1. The average Bonchev–Trinajstić information content (AvgIpc) is 3.02. The molecule has 8 bridgehead atoms. The van der Waals surface area contributed by atoms with Crippen molar-refractivity contribution >= 4 is 7.92 Å². The molecule has 9 aliphatic carbocycles. The molecule has 28 heavy (non-hydrogen) atoms. The van der Waals surface area contributed by atoms with E-state index < -0.39 is 0 Å². The van der Waals surface area contributed by atoms with Crippen molar-refractivity contribution in [3.8, 4) is 0 Å². The molecule has 0 nitrogen and oxygen atoms in total. The van der Waals surface area contributed by atoms with Crippen LogP contribution in [0, 0.1) is 47.3 Å². The third-order valence-electron chi connectivity index (χ3n) is 11.6. The molecule has 156 valence electrons. The summed E-state index contributed by atoms with van der Waals surface area (Å²) in [7, 11) is 0.253. The highest BCUT2D eigenvalue weighted by atomic mass is 31.1. The first-order chi connectivity index (χ1) is 13.6. The van der Waals surface area contributed by atoms with Crippen LogP contribution in [-0.2, 0) is 0 Å². The molecule has 2 atom stereocenters. The normalized spacial score (nSPS) is 59.9. The SMILES string of the molecule is CC1CCCC1CP(C12CC3CC(CC(C3)C1)C2)C12CC3CC(CC(C3)C1)C2. The van der Waals surface area contributed by atoms with Gasteiger partial charge in [0.1, 0.15) is 0 Å². The Labute approximate surface area is 175 Å². The van der Waals surface area contributed by atoms with E-state index in [0.29, 0.717) is 0 Å². The minimum Gasteiger partial charge on any atom is -0.0936 e. The summed E-state index contributed by atoms with van der Waals surface area (Å²) in [5, 5.41) is 1.75. The summed E-state index contributed by atoms with van der Waals surface area (Å²) in [6.07, 6.45) is 26.5. The lowest BCUT2D eigenvalue weighted by Crippen LogP contribution is -2.57. The Balaban J connectivity index is 1.28. The molecule has 9 fully saturated rings. The van der Waals surface area contributed by atoms with Gasteiger partial charge in [0.25, 0.3) is 0 Å². The zero-order valence-corrected chi connectivity index (χ0v) is 19.3. The van der Waals surface area contributed by atoms with Crippen LogP contribution in [0.25, 0.3) is 0 Å². The summed E-state index contributed by atoms with van der Waals surface area (Å²) in [4.78, 5) is 0. The smallest absolute Gasteiger partial charge is 0.00814 e. The molecule has 0 aromatic heterocycles. The van der Waals surface area contributed by atoms with E-state index in [1.165, 1.54) is 0 Å². The quantitative estimate of drug-likeness (QED) is 0.423. The molecule has 2 unspecified atom stereocenters. The van der Waals surface area contributed by atoms with Gasteiger partial charge in [-0.3, -0.25) is 0 Å². The van der Waals surface area contributed by atoms with Gasteiger partial charge in [-0.25, -0.2) is 0 Å². The van der Waals surface area contributed by atoms with E-state index in [4.69, 9.17) is 0 Å². The lowest BCUT2D eigenvalue weighted by atomic mass is 9.55. The number of rotatable bonds is 4. The Bertz CT molecular complexity index is 520. The molecule has 0 saturated heterocycles. The maximum Gasteiger partial charge on any atom is -0.00814 e. The van der Waals surface area contributed by atoms with Crippen LogP contribution >= 0.6 is 7.92 Å². The van der Waals surface area contributed by atoms with Crippen molar-refractivity contribution in [3.63, 3.8) is 0 Å². The summed E-state index contributed by atoms with van der Waals surface area (Å²) in [6, 6.07) is 0. The van der Waals surface area contributed by atoms with Crippen molar-refractivity contribution in [1.29, 1.82) is 0 Å². The van der Waals surface area contributed by atoms with Gasteiger partial charge in [0.15, 0.2) is 0 Å². The number of hydrogen-bond donors (Lipinski definition) is 0. The Hall–Kier alpha value is 0.430. The summed E-state index contributed by atoms with van der Waals surface area (Å²) in [6.45, 7) is 2.63. The Morgan fingerprint density at radius 1 is 0.607 bits per heavy atom. The van der Waals surface area contributed by atoms with Crippen LogP contribution in [0.1, 0.15) is 103 Å². The second kappa shape index (κ2) is 6.24. The summed E-state index contributed by atoms with van der Waals surface area (Å²) < 4.78 is 0. The van der Waals surface area contributed by atoms with Crippen LogP contribution in [0.2, 0.25) is 0 Å². The van der Waals surface area contributed by atoms with Crippen molar-refractivity contribution in [1.82, 2.24) is 0 Å². The van der Waals surface area contributed by atoms with E-state index in [9.17, 15) is 0 Å². The molecule has 0 amide bonds. The van der Waals surface area contributed by atoms with E-state index in [-0.39, 0.29) is 7.92 Å². The highest BCUT2D eigenvalue weighted by Gasteiger charge is 2.62. The summed E-state index contributed by atoms with van der Waals surface area (Å²) >= 11 is 0. The monoisotopic (exact) mass is 398 g/mol. The average molecular weight is 399 g/mol. The van der Waals surface area contributed by atoms with Crippen LogP contribution in [0.15, 0.2) is 0 Å². The molecular weight excluding hydrogens is 355 g/mol. The van der Waals surface area contributed by atoms with Crippen LogP contribution in [0.3, 0.4) is 0 Å². The van der Waals surface area contributed by atoms with E-state index in [2.05, 4.69) is 6.92 Å². The molecule has 0 aromatic rings. The van der Waals surface area contributed by atoms with E-state index >= 15 is 0 Å². The minimum atomic E-state index is 0.253. The van der Waals surface area contributed by atoms with E-state index in [0.717, 1.165) is 57.7 Å². The Morgan fingerprint density at radius 3 is 1.32 bits per heavy atom. The maximum atomic E-state index is 2.63. The lowest BCUT2D eigenvalue weighted by molar-refractivity contribution is 0.0182. The third kappa shape index (κ3) is 2.64. The van der Waals surface area contributed by atoms with Gasteiger partial charge in [0, 0.05) is 0 Å². The van der Waals surface area contributed by atoms with E-state index in [1.807, 2.05) is 0 Å². The van der Waals surface area contributed by atoms with Gasteiger partial charge in [0.2, 0.25) is 0 Å². The topological polar surface area (TPSA) is 0 Å². The lowest BCUT2D eigenvalue weighted by Gasteiger charge is -2.68. The Kier molecular flexibility index (Phi) is 4.02. The first-order valence-electron chi connectivity index (χ1n) is 13.4. The zero-order chi connectivity index (χ0) is 18.5. The second-order valence-electron chi connectivity index (χ2n) is 13.6. The summed E-state index contributed by atoms with van der Waals surface area (Å²) in [5.74, 6) is 9.12. The van der Waals surface area contributed by atoms with Crippen LogP contribution in [0.4, 0.5) is 0 Å². The molecule has 9 aliphatic rings. The molecule has 1 heteroatoms. The zero-order valence-electron chi connectivity index (χ0n) is 18.4. The predicted octanol–water partition coefficient (Wildman–Crippen LogP) is 7.84. The van der Waals surface area contributed by atoms with Gasteiger partial charge in [-0.2, -0.15) is 0 Å².